The molecule has 1 fully saturated rings. The van der Waals surface area contributed by atoms with Crippen molar-refractivity contribution in [3.05, 3.63) is 40.5 Å². The van der Waals surface area contributed by atoms with E-state index in [1.165, 1.54) is 44.9 Å². The number of rotatable bonds is 12. The van der Waals surface area contributed by atoms with E-state index in [9.17, 15) is 4.79 Å². The molecular formula is C30H45ClN4O. The van der Waals surface area contributed by atoms with Crippen molar-refractivity contribution in [1.82, 2.24) is 15.1 Å². The van der Waals surface area contributed by atoms with Gasteiger partial charge in [-0.15, -0.1) is 0 Å². The summed E-state index contributed by atoms with van der Waals surface area (Å²) in [6.45, 7) is 4.52. The Morgan fingerprint density at radius 2 is 1.83 bits per heavy atom. The van der Waals surface area contributed by atoms with Crippen molar-refractivity contribution in [2.45, 2.75) is 96.3 Å². The zero-order valence-electron chi connectivity index (χ0n) is 22.3. The summed E-state index contributed by atoms with van der Waals surface area (Å²) in [6.07, 6.45) is 17.5. The van der Waals surface area contributed by atoms with Gasteiger partial charge in [-0.2, -0.15) is 5.10 Å². The van der Waals surface area contributed by atoms with E-state index in [-0.39, 0.29) is 11.8 Å². The van der Waals surface area contributed by atoms with Crippen LogP contribution in [-0.2, 0) is 18.3 Å². The molecule has 36 heavy (non-hydrogen) atoms. The molecule has 198 valence electrons. The Hall–Kier alpha value is -1.85. The number of fused-ring (bicyclic) bond motifs is 2. The smallest absolute Gasteiger partial charge is 0.143 e. The lowest BCUT2D eigenvalue weighted by Gasteiger charge is -2.31. The van der Waals surface area contributed by atoms with Crippen LogP contribution in [0.5, 0.6) is 0 Å². The van der Waals surface area contributed by atoms with Gasteiger partial charge in [-0.25, -0.2) is 0 Å². The summed E-state index contributed by atoms with van der Waals surface area (Å²) < 4.78 is 1.87. The summed E-state index contributed by atoms with van der Waals surface area (Å²) in [4.78, 5) is 13.8. The Bertz CT molecular complexity index is 979. The molecule has 1 saturated carbocycles. The number of Topliss-reactive ketones (excluding diaryl/α,β-unsaturated/α-hetero) is 1. The molecule has 1 atom stereocenters. The van der Waals surface area contributed by atoms with Gasteiger partial charge in [0.1, 0.15) is 11.6 Å². The Balaban J connectivity index is 1.26. The third-order valence-electron chi connectivity index (χ3n) is 8.34. The average molecular weight is 513 g/mol. The van der Waals surface area contributed by atoms with Gasteiger partial charge in [0.15, 0.2) is 0 Å². The zero-order chi connectivity index (χ0) is 25.3. The molecule has 6 heteroatoms. The maximum Gasteiger partial charge on any atom is 0.143 e. The molecule has 1 aliphatic heterocycles. The normalized spacial score (nSPS) is 21.7. The molecule has 2 N–H and O–H groups in total. The lowest BCUT2D eigenvalue weighted by atomic mass is 9.74. The first-order valence-electron chi connectivity index (χ1n) is 14.4. The van der Waals surface area contributed by atoms with Crippen molar-refractivity contribution in [1.29, 1.82) is 0 Å². The number of halogens is 1. The first-order chi connectivity index (χ1) is 17.6. The van der Waals surface area contributed by atoms with Crippen LogP contribution in [0.4, 0.5) is 11.5 Å². The van der Waals surface area contributed by atoms with E-state index in [0.29, 0.717) is 16.7 Å². The molecule has 2 aromatic rings. The number of nitrogens with zero attached hydrogens (tertiary/aromatic N) is 2. The first kappa shape index (κ1) is 27.2. The summed E-state index contributed by atoms with van der Waals surface area (Å²) in [5.41, 5.74) is 3.18. The predicted molar refractivity (Wildman–Crippen MR) is 150 cm³/mol. The molecule has 1 aromatic carbocycles. The number of nitrogens with one attached hydrogen (secondary N) is 2. The summed E-state index contributed by atoms with van der Waals surface area (Å²) in [5.74, 6) is 2.21. The number of anilines is 2. The second-order valence-electron chi connectivity index (χ2n) is 11.0. The molecule has 0 saturated heterocycles. The number of hydrogen-bond donors (Lipinski definition) is 2. The molecule has 4 rings (SSSR count). The monoisotopic (exact) mass is 512 g/mol. The van der Waals surface area contributed by atoms with Gasteiger partial charge in [0.2, 0.25) is 0 Å². The van der Waals surface area contributed by atoms with Crippen LogP contribution in [0.2, 0.25) is 5.02 Å². The molecular weight excluding hydrogens is 468 g/mol. The summed E-state index contributed by atoms with van der Waals surface area (Å²) in [5, 5.41) is 12.3. The van der Waals surface area contributed by atoms with E-state index in [0.717, 1.165) is 74.2 Å². The van der Waals surface area contributed by atoms with E-state index in [1.54, 1.807) is 0 Å². The minimum atomic E-state index is -0.0878. The highest BCUT2D eigenvalue weighted by Gasteiger charge is 2.34. The van der Waals surface area contributed by atoms with Crippen LogP contribution in [0.25, 0.3) is 0 Å². The van der Waals surface area contributed by atoms with Crippen molar-refractivity contribution in [3.63, 3.8) is 0 Å². The summed E-state index contributed by atoms with van der Waals surface area (Å²) >= 11 is 6.35. The fraction of sp³-hybridized carbons (Fsp3) is 0.667. The van der Waals surface area contributed by atoms with Gasteiger partial charge in [-0.1, -0.05) is 63.1 Å². The Morgan fingerprint density at radius 3 is 2.61 bits per heavy atom. The van der Waals surface area contributed by atoms with Crippen LogP contribution in [0, 0.1) is 11.8 Å². The molecule has 0 radical (unpaired) electrons. The van der Waals surface area contributed by atoms with Crippen molar-refractivity contribution >= 4 is 28.9 Å². The van der Waals surface area contributed by atoms with E-state index < -0.39 is 0 Å². The van der Waals surface area contributed by atoms with Crippen molar-refractivity contribution in [3.8, 4) is 0 Å². The standard InChI is InChI=1S/C30H45ClN4O/c1-3-4-5-6-7-8-9-18-32-20-22-10-12-23(13-11-22)29(36)27-16-14-24-21-33-35(2)30(24)34-28-19-25(31)15-17-26(27)28/h15,17,19,21-23,27,32,34H,3-14,16,18,20H2,1-2H3. The van der Waals surface area contributed by atoms with E-state index in [1.807, 2.05) is 36.1 Å². The fourth-order valence-corrected chi connectivity index (χ4v) is 6.27. The first-order valence-corrected chi connectivity index (χ1v) is 14.8. The largest absolute Gasteiger partial charge is 0.340 e. The maximum absolute atomic E-state index is 13.8. The SMILES string of the molecule is CCCCCCCCCNCC1CCC(C(=O)C2CCc3cnn(C)c3Nc3cc(Cl)ccc32)CC1. The van der Waals surface area contributed by atoms with Gasteiger partial charge >= 0.3 is 0 Å². The van der Waals surface area contributed by atoms with Crippen LogP contribution in [0.15, 0.2) is 24.4 Å². The molecule has 5 nitrogen and oxygen atoms in total. The van der Waals surface area contributed by atoms with Crippen molar-refractivity contribution in [2.75, 3.05) is 18.4 Å². The average Bonchev–Trinajstić information content (AvgIpc) is 3.21. The molecule has 2 aliphatic rings. The van der Waals surface area contributed by atoms with Gasteiger partial charge < -0.3 is 10.6 Å². The zero-order valence-corrected chi connectivity index (χ0v) is 23.1. The molecule has 1 unspecified atom stereocenters. The highest BCUT2D eigenvalue weighted by Crippen LogP contribution is 2.40. The lowest BCUT2D eigenvalue weighted by molar-refractivity contribution is -0.125. The summed E-state index contributed by atoms with van der Waals surface area (Å²) in [6, 6.07) is 5.92. The third-order valence-corrected chi connectivity index (χ3v) is 8.58. The second-order valence-corrected chi connectivity index (χ2v) is 11.5. The molecule has 1 aliphatic carbocycles. The van der Waals surface area contributed by atoms with Crippen LogP contribution in [-0.4, -0.2) is 28.7 Å². The van der Waals surface area contributed by atoms with Crippen LogP contribution in [0.1, 0.15) is 101 Å². The quantitative estimate of drug-likeness (QED) is 0.288. The highest BCUT2D eigenvalue weighted by molar-refractivity contribution is 6.31. The maximum atomic E-state index is 13.8. The van der Waals surface area contributed by atoms with Gasteiger partial charge in [0.25, 0.3) is 0 Å². The van der Waals surface area contributed by atoms with E-state index in [4.69, 9.17) is 11.6 Å². The molecule has 1 aromatic heterocycles. The van der Waals surface area contributed by atoms with Crippen LogP contribution in [0.3, 0.4) is 0 Å². The van der Waals surface area contributed by atoms with Crippen molar-refractivity contribution in [2.24, 2.45) is 18.9 Å². The van der Waals surface area contributed by atoms with Gasteiger partial charge in [-0.3, -0.25) is 9.48 Å². The predicted octanol–water partition coefficient (Wildman–Crippen LogP) is 7.56. The number of unbranched alkanes of at least 4 members (excludes halogenated alkanes) is 6. The van der Waals surface area contributed by atoms with Gasteiger partial charge in [0, 0.05) is 35.2 Å². The molecule has 0 spiro atoms. The van der Waals surface area contributed by atoms with Crippen LogP contribution >= 0.6 is 11.6 Å². The van der Waals surface area contributed by atoms with Crippen molar-refractivity contribution < 1.29 is 4.79 Å². The van der Waals surface area contributed by atoms with E-state index >= 15 is 0 Å². The minimum Gasteiger partial charge on any atom is -0.340 e. The topological polar surface area (TPSA) is 59.0 Å². The highest BCUT2D eigenvalue weighted by atomic mass is 35.5. The summed E-state index contributed by atoms with van der Waals surface area (Å²) in [7, 11) is 1.95. The lowest BCUT2D eigenvalue weighted by Crippen LogP contribution is -2.31. The molecule has 0 bridgehead atoms. The number of ketones is 1. The Labute approximate surface area is 222 Å². The van der Waals surface area contributed by atoms with Gasteiger partial charge in [-0.05, 0) is 81.6 Å². The number of aryl methyl sites for hydroxylation is 2. The van der Waals surface area contributed by atoms with E-state index in [2.05, 4.69) is 22.7 Å². The van der Waals surface area contributed by atoms with Crippen LogP contribution < -0.4 is 10.6 Å². The number of hydrogen-bond acceptors (Lipinski definition) is 4. The number of carbonyl (C=O) groups is 1. The Morgan fingerprint density at radius 1 is 1.08 bits per heavy atom. The van der Waals surface area contributed by atoms with Gasteiger partial charge in [0.05, 0.1) is 6.20 Å². The Kier molecular flexibility index (Phi) is 10.3. The fourth-order valence-electron chi connectivity index (χ4n) is 6.10. The minimum absolute atomic E-state index is 0.0878. The number of benzene rings is 1. The number of carbonyl (C=O) groups excluding carboxylic acids is 1. The number of aromatic nitrogens is 2. The molecule has 2 heterocycles. The third kappa shape index (κ3) is 7.13. The molecule has 0 amide bonds. The second kappa shape index (κ2) is 13.6.